The molecule has 106 heavy (non-hydrogen) atoms. The van der Waals surface area contributed by atoms with Gasteiger partial charge in [-0.3, -0.25) is 0 Å². The minimum absolute atomic E-state index is 0.271. The van der Waals surface area contributed by atoms with Gasteiger partial charge >= 0.3 is 18.5 Å². The molecule has 17 rings (SSSR count). The fraction of sp³-hybridized carbons (Fsp3) is 0.381. The van der Waals surface area contributed by atoms with Crippen molar-refractivity contribution >= 4 is 0 Å². The van der Waals surface area contributed by atoms with Crippen LogP contribution in [0.15, 0.2) is 182 Å². The second kappa shape index (κ2) is 23.1. The number of alkyl halides is 9. The minimum atomic E-state index is -4.66. The van der Waals surface area contributed by atoms with E-state index in [1.807, 2.05) is 66.7 Å². The van der Waals surface area contributed by atoms with Gasteiger partial charge < -0.3 is 0 Å². The minimum Gasteiger partial charge on any atom is -0.170 e. The van der Waals surface area contributed by atoms with Gasteiger partial charge in [0.15, 0.2) is 0 Å². The average Bonchev–Trinajstić information content (AvgIpc) is 1.48. The van der Waals surface area contributed by atoms with Crippen LogP contribution in [0.2, 0.25) is 0 Å². The molecule has 7 atom stereocenters. The first-order valence-corrected chi connectivity index (χ1v) is 39.0. The molecule has 10 aromatic carbocycles. The van der Waals surface area contributed by atoms with E-state index in [0.29, 0.717) is 75.8 Å². The lowest BCUT2D eigenvalue weighted by molar-refractivity contribution is -0.172. The van der Waals surface area contributed by atoms with Crippen LogP contribution in [-0.2, 0) is 61.6 Å². The van der Waals surface area contributed by atoms with Gasteiger partial charge in [-0.1, -0.05) is 264 Å². The normalized spacial score (nSPS) is 23.6. The first-order chi connectivity index (χ1) is 50.3. The number of hydrogen-bond acceptors (Lipinski definition) is 0. The molecule has 0 N–H and O–H groups in total. The smallest absolute Gasteiger partial charge is 0.170 e. The van der Waals surface area contributed by atoms with Gasteiger partial charge in [-0.25, -0.2) is 0 Å². The van der Waals surface area contributed by atoms with Gasteiger partial charge in [0.25, 0.3) is 0 Å². The summed E-state index contributed by atoms with van der Waals surface area (Å²) >= 11 is 0. The molecule has 544 valence electrons. The Labute approximate surface area is 619 Å². The Hall–Kier alpha value is -8.43. The topological polar surface area (TPSA) is 0 Å². The van der Waals surface area contributed by atoms with Crippen LogP contribution in [0.5, 0.6) is 0 Å². The molecule has 0 saturated carbocycles. The molecule has 0 nitrogen and oxygen atoms in total. The number of fused-ring (bicyclic) bond motifs is 17. The van der Waals surface area contributed by atoms with Crippen molar-refractivity contribution in [2.24, 2.45) is 0 Å². The van der Waals surface area contributed by atoms with Gasteiger partial charge in [0.05, 0.1) is 0 Å². The van der Waals surface area contributed by atoms with E-state index in [-0.39, 0.29) is 16.7 Å². The van der Waals surface area contributed by atoms with E-state index in [4.69, 9.17) is 0 Å². The molecule has 0 saturated heterocycles. The Morgan fingerprint density at radius 2 is 0.547 bits per heavy atom. The Bertz CT molecular complexity index is 5380. The van der Waals surface area contributed by atoms with Crippen LogP contribution >= 0.6 is 0 Å². The zero-order valence-corrected chi connectivity index (χ0v) is 63.2. The van der Waals surface area contributed by atoms with Gasteiger partial charge in [0.2, 0.25) is 0 Å². The van der Waals surface area contributed by atoms with Crippen LogP contribution in [0, 0.1) is 0 Å². The molecule has 7 unspecified atom stereocenters. The van der Waals surface area contributed by atoms with Crippen LogP contribution in [0.1, 0.15) is 265 Å². The molecule has 7 aliphatic rings. The highest BCUT2D eigenvalue weighted by molar-refractivity contribution is 5.89. The summed E-state index contributed by atoms with van der Waals surface area (Å²) in [6.45, 7) is 26.0. The molecule has 9 heteroatoms. The number of halogens is 9. The van der Waals surface area contributed by atoms with E-state index in [1.54, 1.807) is 36.4 Å². The zero-order chi connectivity index (χ0) is 75.0. The van der Waals surface area contributed by atoms with Crippen molar-refractivity contribution in [1.82, 2.24) is 0 Å². The first kappa shape index (κ1) is 70.5. The van der Waals surface area contributed by atoms with Crippen molar-refractivity contribution in [3.8, 4) is 55.6 Å². The molecule has 0 spiro atoms. The quantitative estimate of drug-likeness (QED) is 0.0846. The summed E-state index contributed by atoms with van der Waals surface area (Å²) in [5, 5.41) is 0. The predicted molar refractivity (Wildman–Crippen MR) is 412 cm³/mol. The predicted octanol–water partition coefficient (Wildman–Crippen LogP) is 27.1. The number of rotatable bonds is 16. The van der Waals surface area contributed by atoms with Crippen LogP contribution in [0.25, 0.3) is 55.6 Å². The van der Waals surface area contributed by atoms with Crippen LogP contribution in [0.3, 0.4) is 0 Å². The molecule has 10 aromatic rings. The SMILES string of the molecule is CCCC(C)(c1ccc2c(c1)C(CC)(CC)c1cc3c(cc1-2)CC3(CC)c1ccc2c(c1)C(C)(C(F)(F)F)c1cc(C(C)(CCC)c3ccc4c(c3)C(CC)(CC)c3cc5c(cc3-4)CC5(CC)c3ccc4c(c3)C(C)(C(F)(F)F)c3ccccc3-4)ccc1-2)c1ccc2c(c1)C(C)(C(F)(F)F)c1ccccc1-2. The second-order valence-corrected chi connectivity index (χ2v) is 33.6. The Kier molecular flexibility index (Phi) is 15.3. The van der Waals surface area contributed by atoms with Crippen LogP contribution < -0.4 is 0 Å². The summed E-state index contributed by atoms with van der Waals surface area (Å²) < 4.78 is 144. The second-order valence-electron chi connectivity index (χ2n) is 33.6. The van der Waals surface area contributed by atoms with Gasteiger partial charge in [-0.15, -0.1) is 0 Å². The van der Waals surface area contributed by atoms with Crippen LogP contribution in [0.4, 0.5) is 39.5 Å². The van der Waals surface area contributed by atoms with E-state index in [1.165, 1.54) is 70.8 Å². The van der Waals surface area contributed by atoms with Gasteiger partial charge in [0, 0.05) is 32.5 Å². The Balaban J connectivity index is 0.700. The summed E-state index contributed by atoms with van der Waals surface area (Å²) in [5.41, 5.74) is 15.6. The lowest BCUT2D eigenvalue weighted by Gasteiger charge is -2.46. The maximum absolute atomic E-state index is 16.9. The maximum Gasteiger partial charge on any atom is 0.402 e. The highest BCUT2D eigenvalue weighted by Crippen LogP contribution is 2.66. The molecule has 0 heterocycles. The zero-order valence-electron chi connectivity index (χ0n) is 63.2. The molecule has 7 aliphatic carbocycles. The van der Waals surface area contributed by atoms with E-state index < -0.39 is 67.3 Å². The first-order valence-electron chi connectivity index (χ1n) is 39.0. The molecular weight excluding hydrogens is 1340 g/mol. The molecule has 0 amide bonds. The van der Waals surface area contributed by atoms with E-state index in [9.17, 15) is 0 Å². The fourth-order valence-electron chi connectivity index (χ4n) is 22.9. The van der Waals surface area contributed by atoms with Crippen molar-refractivity contribution in [2.45, 2.75) is 234 Å². The third-order valence-corrected chi connectivity index (χ3v) is 29.7. The van der Waals surface area contributed by atoms with Crippen molar-refractivity contribution in [1.29, 1.82) is 0 Å². The Morgan fingerprint density at radius 1 is 0.274 bits per heavy atom. The highest BCUT2D eigenvalue weighted by atomic mass is 19.4. The van der Waals surface area contributed by atoms with Gasteiger partial charge in [-0.05, 0) is 252 Å². The lowest BCUT2D eigenvalue weighted by Crippen LogP contribution is -2.42. The fourth-order valence-corrected chi connectivity index (χ4v) is 22.9. The van der Waals surface area contributed by atoms with E-state index in [0.717, 1.165) is 101 Å². The summed E-state index contributed by atoms with van der Waals surface area (Å²) in [6.07, 6.45) is -4.68. The van der Waals surface area contributed by atoms with Gasteiger partial charge in [-0.2, -0.15) is 39.5 Å². The van der Waals surface area contributed by atoms with Crippen molar-refractivity contribution in [3.63, 3.8) is 0 Å². The van der Waals surface area contributed by atoms with Crippen molar-refractivity contribution in [3.05, 3.63) is 293 Å². The number of hydrogen-bond donors (Lipinski definition) is 0. The van der Waals surface area contributed by atoms with Gasteiger partial charge in [0.1, 0.15) is 16.2 Å². The van der Waals surface area contributed by atoms with E-state index in [2.05, 4.69) is 148 Å². The third-order valence-electron chi connectivity index (χ3n) is 29.7. The lowest BCUT2D eigenvalue weighted by atomic mass is 9.57. The molecular formula is C97H93F9. The van der Waals surface area contributed by atoms with Crippen LogP contribution in [-0.4, -0.2) is 18.5 Å². The molecule has 0 aromatic heterocycles. The molecule has 0 aliphatic heterocycles. The third kappa shape index (κ3) is 8.64. The summed E-state index contributed by atoms with van der Waals surface area (Å²) in [5.74, 6) is 0. The molecule has 0 radical (unpaired) electrons. The number of benzene rings is 10. The van der Waals surface area contributed by atoms with Crippen molar-refractivity contribution < 1.29 is 39.5 Å². The van der Waals surface area contributed by atoms with Crippen molar-refractivity contribution in [2.75, 3.05) is 0 Å². The molecule has 0 bridgehead atoms. The summed E-state index contributed by atoms with van der Waals surface area (Å²) in [7, 11) is 0. The average molecular weight is 1430 g/mol. The highest BCUT2D eigenvalue weighted by Gasteiger charge is 2.63. The Morgan fingerprint density at radius 3 is 0.858 bits per heavy atom. The van der Waals surface area contributed by atoms with E-state index >= 15 is 39.5 Å². The molecule has 0 fully saturated rings. The summed E-state index contributed by atoms with van der Waals surface area (Å²) in [4.78, 5) is 0. The summed E-state index contributed by atoms with van der Waals surface area (Å²) in [6, 6.07) is 60.5. The largest absolute Gasteiger partial charge is 0.402 e. The monoisotopic (exact) mass is 1430 g/mol. The maximum atomic E-state index is 16.9. The standard InChI is InChI=1S/C97H93F9/c1-14-42-86(9,58-30-36-66-64-26-22-24-28-74(64)88(11,78(66)46-58)95(98,99)100)60-32-38-70-73-45-57-55-94(21-8,77(57)53-85(73)91(16-3,17-4)82(70)48-60)63-35-41-69-68-37-31-59(47-79(68)90(13,81(69)51-63)97(104,105)106)87(10,43-15-2)61-33-39-71-72-44-56-54-93(20-7,76(56)52-84(72)92(18-5,19-6)83(71)49-61)62-34-40-67-65-27-23-25-29-75(65)89(12,80(67)50-62)96(101,102)103/h22-41,44-53H,14-21,42-43,54-55H2,1-13H3.